The fraction of sp³-hybridized carbons (Fsp3) is 0.111. The molecule has 128 valence electrons. The molecule has 2 N–H and O–H groups in total. The molecule has 0 fully saturated rings. The van der Waals surface area contributed by atoms with Crippen LogP contribution in [0.2, 0.25) is 0 Å². The van der Waals surface area contributed by atoms with E-state index in [-0.39, 0.29) is 18.9 Å². The first-order valence-electron chi connectivity index (χ1n) is 7.53. The van der Waals surface area contributed by atoms with Gasteiger partial charge in [0.05, 0.1) is 18.4 Å². The van der Waals surface area contributed by atoms with Crippen molar-refractivity contribution in [1.29, 1.82) is 0 Å². The second-order valence-electron chi connectivity index (χ2n) is 5.27. The summed E-state index contributed by atoms with van der Waals surface area (Å²) in [4.78, 5) is 23.5. The summed E-state index contributed by atoms with van der Waals surface area (Å²) in [5.74, 6) is -0.787. The molecule has 0 atom stereocenters. The second kappa shape index (κ2) is 7.48. The van der Waals surface area contributed by atoms with E-state index < -0.39 is 11.8 Å². The third-order valence-electron chi connectivity index (χ3n) is 3.46. The highest BCUT2D eigenvalue weighted by molar-refractivity contribution is 6.35. The molecule has 0 saturated heterocycles. The van der Waals surface area contributed by atoms with E-state index >= 15 is 0 Å². The highest BCUT2D eigenvalue weighted by Crippen LogP contribution is 2.22. The molecule has 2 heterocycles. The Morgan fingerprint density at radius 2 is 1.64 bits per heavy atom. The topological polar surface area (TPSA) is 84.5 Å². The summed E-state index contributed by atoms with van der Waals surface area (Å²) in [6.45, 7) is 0.221. The van der Waals surface area contributed by atoms with Crippen LogP contribution in [0.15, 0.2) is 63.8 Å². The Morgan fingerprint density at radius 1 is 0.920 bits per heavy atom. The van der Waals surface area contributed by atoms with Crippen LogP contribution in [0, 0.1) is 5.82 Å². The Labute approximate surface area is 142 Å². The lowest BCUT2D eigenvalue weighted by Crippen LogP contribution is -2.39. The summed E-state index contributed by atoms with van der Waals surface area (Å²) in [6.07, 6.45) is 3.08. The van der Waals surface area contributed by atoms with Crippen molar-refractivity contribution >= 4 is 11.8 Å². The van der Waals surface area contributed by atoms with E-state index in [9.17, 15) is 14.0 Å². The van der Waals surface area contributed by atoms with Crippen LogP contribution >= 0.6 is 0 Å². The van der Waals surface area contributed by atoms with Crippen molar-refractivity contribution in [2.45, 2.75) is 13.1 Å². The average molecular weight is 342 g/mol. The number of carbonyl (C=O) groups excluding carboxylic acids is 2. The minimum atomic E-state index is -0.775. The highest BCUT2D eigenvalue weighted by Gasteiger charge is 2.14. The molecule has 7 heteroatoms. The normalized spacial score (nSPS) is 10.4. The lowest BCUT2D eigenvalue weighted by molar-refractivity contribution is -0.139. The predicted octanol–water partition coefficient (Wildman–Crippen LogP) is 2.61. The molecule has 2 amide bonds. The van der Waals surface area contributed by atoms with Crippen molar-refractivity contribution in [1.82, 2.24) is 10.6 Å². The molecule has 2 aromatic heterocycles. The number of hydrogen-bond acceptors (Lipinski definition) is 4. The molecule has 0 aliphatic rings. The van der Waals surface area contributed by atoms with Gasteiger partial charge >= 0.3 is 11.8 Å². The molecule has 6 nitrogen and oxygen atoms in total. The number of halogens is 1. The van der Waals surface area contributed by atoms with Crippen molar-refractivity contribution in [2.24, 2.45) is 0 Å². The van der Waals surface area contributed by atoms with Gasteiger partial charge < -0.3 is 19.5 Å². The van der Waals surface area contributed by atoms with E-state index in [0.717, 1.165) is 5.56 Å². The van der Waals surface area contributed by atoms with Crippen molar-refractivity contribution < 1.29 is 22.8 Å². The van der Waals surface area contributed by atoms with E-state index in [0.29, 0.717) is 17.1 Å². The van der Waals surface area contributed by atoms with Gasteiger partial charge in [-0.1, -0.05) is 12.1 Å². The van der Waals surface area contributed by atoms with Crippen molar-refractivity contribution in [3.05, 3.63) is 72.1 Å². The van der Waals surface area contributed by atoms with Gasteiger partial charge in [-0.2, -0.15) is 0 Å². The first-order valence-corrected chi connectivity index (χ1v) is 7.53. The maximum absolute atomic E-state index is 12.8. The lowest BCUT2D eigenvalue weighted by Gasteiger charge is -2.05. The molecule has 1 aromatic carbocycles. The largest absolute Gasteiger partial charge is 0.472 e. The summed E-state index contributed by atoms with van der Waals surface area (Å²) in [7, 11) is 0. The molecule has 0 bridgehead atoms. The molecule has 3 aromatic rings. The Balaban J connectivity index is 1.47. The number of carbonyl (C=O) groups is 2. The van der Waals surface area contributed by atoms with Gasteiger partial charge in [0, 0.05) is 6.54 Å². The Hall–Kier alpha value is -3.35. The summed E-state index contributed by atoms with van der Waals surface area (Å²) in [5, 5.41) is 4.94. The zero-order valence-electron chi connectivity index (χ0n) is 13.1. The van der Waals surface area contributed by atoms with Crippen LogP contribution in [-0.4, -0.2) is 11.8 Å². The van der Waals surface area contributed by atoms with Gasteiger partial charge in [-0.25, -0.2) is 4.39 Å². The van der Waals surface area contributed by atoms with Crippen molar-refractivity contribution in [3.63, 3.8) is 0 Å². The third kappa shape index (κ3) is 4.35. The number of furan rings is 2. The van der Waals surface area contributed by atoms with Gasteiger partial charge in [-0.3, -0.25) is 9.59 Å². The Bertz CT molecular complexity index is 854. The zero-order valence-corrected chi connectivity index (χ0v) is 13.1. The predicted molar refractivity (Wildman–Crippen MR) is 86.5 cm³/mol. The van der Waals surface area contributed by atoms with Gasteiger partial charge in [0.2, 0.25) is 0 Å². The van der Waals surface area contributed by atoms with Gasteiger partial charge in [0.15, 0.2) is 0 Å². The second-order valence-corrected chi connectivity index (χ2v) is 5.27. The van der Waals surface area contributed by atoms with Crippen LogP contribution in [0.25, 0.3) is 11.3 Å². The molecule has 0 aliphatic heterocycles. The fourth-order valence-electron chi connectivity index (χ4n) is 2.15. The average Bonchev–Trinajstić information content (AvgIpc) is 3.30. The number of amides is 2. The van der Waals surface area contributed by atoms with Crippen LogP contribution in [-0.2, 0) is 22.7 Å². The van der Waals surface area contributed by atoms with Crippen LogP contribution in [0.3, 0.4) is 0 Å². The van der Waals surface area contributed by atoms with Gasteiger partial charge in [-0.15, -0.1) is 0 Å². The van der Waals surface area contributed by atoms with Crippen LogP contribution in [0.5, 0.6) is 0 Å². The van der Waals surface area contributed by atoms with Crippen molar-refractivity contribution in [3.8, 4) is 11.3 Å². The van der Waals surface area contributed by atoms with E-state index in [4.69, 9.17) is 8.83 Å². The van der Waals surface area contributed by atoms with Gasteiger partial charge in [0.1, 0.15) is 23.6 Å². The quantitative estimate of drug-likeness (QED) is 0.698. The summed E-state index contributed by atoms with van der Waals surface area (Å²) < 4.78 is 23.3. The Kier molecular flexibility index (Phi) is 4.94. The summed E-state index contributed by atoms with van der Waals surface area (Å²) >= 11 is 0. The van der Waals surface area contributed by atoms with E-state index in [2.05, 4.69) is 10.6 Å². The van der Waals surface area contributed by atoms with E-state index in [1.54, 1.807) is 24.5 Å². The minimum absolute atomic E-state index is 0.0840. The maximum atomic E-state index is 12.8. The Morgan fingerprint density at radius 3 is 2.32 bits per heavy atom. The molecular formula is C18H15FN2O4. The molecule has 0 radical (unpaired) electrons. The molecule has 0 spiro atoms. The van der Waals surface area contributed by atoms with Gasteiger partial charge in [0.25, 0.3) is 0 Å². The number of benzene rings is 1. The number of hydrogen-bond donors (Lipinski definition) is 2. The number of nitrogens with one attached hydrogen (secondary N) is 2. The molecule has 0 unspecified atom stereocenters. The smallest absolute Gasteiger partial charge is 0.309 e. The van der Waals surface area contributed by atoms with Crippen LogP contribution < -0.4 is 10.6 Å². The minimum Gasteiger partial charge on any atom is -0.472 e. The lowest BCUT2D eigenvalue weighted by atomic mass is 10.2. The summed E-state index contributed by atoms with van der Waals surface area (Å²) in [5.41, 5.74) is 1.48. The first kappa shape index (κ1) is 16.5. The molecule has 3 rings (SSSR count). The standard InChI is InChI=1S/C18H15FN2O4/c19-14-3-1-12(2-4-14)9-20-17(22)18(23)21-10-15-5-6-16(25-15)13-7-8-24-11-13/h1-8,11H,9-10H2,(H,20,22)(H,21,23). The zero-order chi connectivity index (χ0) is 17.6. The fourth-order valence-corrected chi connectivity index (χ4v) is 2.15. The van der Waals surface area contributed by atoms with Crippen LogP contribution in [0.4, 0.5) is 4.39 Å². The molecule has 25 heavy (non-hydrogen) atoms. The molecular weight excluding hydrogens is 327 g/mol. The van der Waals surface area contributed by atoms with Crippen LogP contribution in [0.1, 0.15) is 11.3 Å². The number of rotatable bonds is 5. The van der Waals surface area contributed by atoms with Crippen molar-refractivity contribution in [2.75, 3.05) is 0 Å². The molecule has 0 aliphatic carbocycles. The maximum Gasteiger partial charge on any atom is 0.309 e. The van der Waals surface area contributed by atoms with E-state index in [1.807, 2.05) is 0 Å². The highest BCUT2D eigenvalue weighted by atomic mass is 19.1. The SMILES string of the molecule is O=C(NCc1ccc(F)cc1)C(=O)NCc1ccc(-c2ccoc2)o1. The summed E-state index contributed by atoms with van der Waals surface area (Å²) in [6, 6.07) is 10.9. The van der Waals surface area contributed by atoms with E-state index in [1.165, 1.54) is 30.5 Å². The third-order valence-corrected chi connectivity index (χ3v) is 3.46. The first-order chi connectivity index (χ1) is 12.1. The molecule has 0 saturated carbocycles. The monoisotopic (exact) mass is 342 g/mol. The van der Waals surface area contributed by atoms with Gasteiger partial charge in [-0.05, 0) is 35.9 Å².